The number of anilines is 1. The molecule has 1 unspecified atom stereocenters. The number of nitrogens with two attached hydrogens (primary N) is 1. The minimum absolute atomic E-state index is 0. The molecule has 3 N–H and O–H groups in total. The maximum atomic E-state index is 12.8. The van der Waals surface area contributed by atoms with Crippen LogP contribution in [-0.2, 0) is 9.59 Å². The summed E-state index contributed by atoms with van der Waals surface area (Å²) in [6.07, 6.45) is 7.62. The molecular formula is C20H30ClN3O2. The molecular weight excluding hydrogens is 350 g/mol. The third-order valence-electron chi connectivity index (χ3n) is 5.72. The number of amides is 2. The number of para-hydroxylation sites is 1. The van der Waals surface area contributed by atoms with Gasteiger partial charge < -0.3 is 16.0 Å². The van der Waals surface area contributed by atoms with Crippen molar-refractivity contribution in [2.24, 2.45) is 11.1 Å². The number of piperidine rings is 1. The summed E-state index contributed by atoms with van der Waals surface area (Å²) in [5, 5.41) is 2.99. The fraction of sp³-hybridized carbons (Fsp3) is 0.600. The number of nitrogens with one attached hydrogen (secondary N) is 1. The van der Waals surface area contributed by atoms with Crippen molar-refractivity contribution in [3.8, 4) is 0 Å². The predicted octanol–water partition coefficient (Wildman–Crippen LogP) is 3.02. The molecule has 1 saturated heterocycles. The quantitative estimate of drug-likeness (QED) is 0.825. The van der Waals surface area contributed by atoms with Crippen LogP contribution in [0.5, 0.6) is 0 Å². The number of halogens is 1. The highest BCUT2D eigenvalue weighted by atomic mass is 35.5. The summed E-state index contributed by atoms with van der Waals surface area (Å²) in [6.45, 7) is 1.26. The Morgan fingerprint density at radius 2 is 1.85 bits per heavy atom. The minimum Gasteiger partial charge on any atom is -0.344 e. The zero-order chi connectivity index (χ0) is 17.7. The van der Waals surface area contributed by atoms with Gasteiger partial charge in [-0.2, -0.15) is 0 Å². The average molecular weight is 380 g/mol. The Morgan fingerprint density at radius 1 is 1.15 bits per heavy atom. The molecule has 2 aliphatic rings. The van der Waals surface area contributed by atoms with Gasteiger partial charge in [-0.15, -0.1) is 12.4 Å². The lowest BCUT2D eigenvalue weighted by molar-refractivity contribution is -0.130. The van der Waals surface area contributed by atoms with Crippen LogP contribution in [0.4, 0.5) is 5.69 Å². The number of hydrogen-bond donors (Lipinski definition) is 2. The van der Waals surface area contributed by atoms with Crippen LogP contribution in [0.15, 0.2) is 30.3 Å². The number of nitrogens with zero attached hydrogens (tertiary/aromatic N) is 1. The normalized spacial score (nSPS) is 22.4. The van der Waals surface area contributed by atoms with Crippen molar-refractivity contribution in [1.29, 1.82) is 0 Å². The van der Waals surface area contributed by atoms with E-state index in [9.17, 15) is 9.59 Å². The molecule has 1 saturated carbocycles. The fourth-order valence-electron chi connectivity index (χ4n) is 4.21. The van der Waals surface area contributed by atoms with Gasteiger partial charge in [0.1, 0.15) is 6.04 Å². The molecule has 0 aromatic heterocycles. The number of carbonyl (C=O) groups is 2. The van der Waals surface area contributed by atoms with Crippen molar-refractivity contribution < 1.29 is 9.59 Å². The highest BCUT2D eigenvalue weighted by Crippen LogP contribution is 2.38. The average Bonchev–Trinajstić information content (AvgIpc) is 2.65. The summed E-state index contributed by atoms with van der Waals surface area (Å²) in [5.41, 5.74) is 6.82. The Balaban J connectivity index is 0.00000243. The minimum atomic E-state index is -0.417. The number of carbonyl (C=O) groups excluding carboxylic acids is 2. The fourth-order valence-corrected chi connectivity index (χ4v) is 4.21. The van der Waals surface area contributed by atoms with E-state index in [1.165, 1.54) is 6.42 Å². The SMILES string of the molecule is Cl.NCC1(CC(=O)NC2CCCN(c3ccccc3)C2=O)CCCCC1. The molecule has 1 aromatic carbocycles. The Morgan fingerprint density at radius 3 is 2.50 bits per heavy atom. The topological polar surface area (TPSA) is 75.4 Å². The van der Waals surface area contributed by atoms with Gasteiger partial charge in [0.05, 0.1) is 0 Å². The van der Waals surface area contributed by atoms with E-state index in [2.05, 4.69) is 5.32 Å². The lowest BCUT2D eigenvalue weighted by Gasteiger charge is -2.37. The van der Waals surface area contributed by atoms with E-state index in [0.29, 0.717) is 25.9 Å². The van der Waals surface area contributed by atoms with Crippen molar-refractivity contribution in [3.05, 3.63) is 30.3 Å². The first-order valence-corrected chi connectivity index (χ1v) is 9.49. The molecule has 5 nitrogen and oxygen atoms in total. The number of hydrogen-bond acceptors (Lipinski definition) is 3. The standard InChI is InChI=1S/C20H29N3O2.ClH/c21-15-20(11-5-2-6-12-20)14-18(24)22-17-10-7-13-23(19(17)25)16-8-3-1-4-9-16;/h1,3-4,8-9,17H,2,5-7,10-15,21H2,(H,22,24);1H. The van der Waals surface area contributed by atoms with Gasteiger partial charge >= 0.3 is 0 Å². The molecule has 0 radical (unpaired) electrons. The molecule has 2 amide bonds. The van der Waals surface area contributed by atoms with Crippen LogP contribution in [0.1, 0.15) is 51.4 Å². The molecule has 1 aromatic rings. The van der Waals surface area contributed by atoms with Crippen molar-refractivity contribution >= 4 is 29.9 Å². The Labute approximate surface area is 162 Å². The second kappa shape index (κ2) is 9.38. The van der Waals surface area contributed by atoms with Gasteiger partial charge in [0.15, 0.2) is 0 Å². The van der Waals surface area contributed by atoms with Crippen LogP contribution >= 0.6 is 12.4 Å². The van der Waals surface area contributed by atoms with Crippen LogP contribution in [0.2, 0.25) is 0 Å². The Kier molecular flexibility index (Phi) is 7.47. The predicted molar refractivity (Wildman–Crippen MR) is 106 cm³/mol. The van der Waals surface area contributed by atoms with Gasteiger partial charge in [0.2, 0.25) is 11.8 Å². The van der Waals surface area contributed by atoms with E-state index in [4.69, 9.17) is 5.73 Å². The number of benzene rings is 1. The first-order valence-electron chi connectivity index (χ1n) is 9.49. The molecule has 6 heteroatoms. The third kappa shape index (κ3) is 4.77. The van der Waals surface area contributed by atoms with Crippen molar-refractivity contribution in [2.75, 3.05) is 18.0 Å². The lowest BCUT2D eigenvalue weighted by Crippen LogP contribution is -2.53. The highest BCUT2D eigenvalue weighted by molar-refractivity contribution is 5.99. The van der Waals surface area contributed by atoms with E-state index >= 15 is 0 Å². The van der Waals surface area contributed by atoms with E-state index < -0.39 is 6.04 Å². The van der Waals surface area contributed by atoms with Crippen LogP contribution in [0.3, 0.4) is 0 Å². The molecule has 1 heterocycles. The lowest BCUT2D eigenvalue weighted by atomic mass is 9.71. The van der Waals surface area contributed by atoms with Crippen molar-refractivity contribution in [1.82, 2.24) is 5.32 Å². The van der Waals surface area contributed by atoms with Crippen molar-refractivity contribution in [3.63, 3.8) is 0 Å². The molecule has 1 atom stereocenters. The smallest absolute Gasteiger partial charge is 0.249 e. The molecule has 2 fully saturated rings. The first kappa shape index (κ1) is 20.7. The van der Waals surface area contributed by atoms with Gasteiger partial charge in [0, 0.05) is 18.7 Å². The van der Waals surface area contributed by atoms with Gasteiger partial charge in [-0.1, -0.05) is 37.5 Å². The van der Waals surface area contributed by atoms with E-state index in [-0.39, 0.29) is 29.6 Å². The van der Waals surface area contributed by atoms with Gasteiger partial charge in [0.25, 0.3) is 0 Å². The summed E-state index contributed by atoms with van der Waals surface area (Å²) >= 11 is 0. The monoisotopic (exact) mass is 379 g/mol. The summed E-state index contributed by atoms with van der Waals surface area (Å²) in [5.74, 6) is -0.0307. The third-order valence-corrected chi connectivity index (χ3v) is 5.72. The zero-order valence-electron chi connectivity index (χ0n) is 15.3. The van der Waals surface area contributed by atoms with Crippen LogP contribution in [-0.4, -0.2) is 30.9 Å². The molecule has 0 spiro atoms. The Bertz CT molecular complexity index is 602. The van der Waals surface area contributed by atoms with Crippen molar-refractivity contribution in [2.45, 2.75) is 57.4 Å². The van der Waals surface area contributed by atoms with E-state index in [1.54, 1.807) is 4.90 Å². The summed E-state index contributed by atoms with van der Waals surface area (Å²) in [7, 11) is 0. The second-order valence-electron chi connectivity index (χ2n) is 7.53. The molecule has 1 aliphatic heterocycles. The maximum Gasteiger partial charge on any atom is 0.249 e. The molecule has 0 bridgehead atoms. The highest BCUT2D eigenvalue weighted by Gasteiger charge is 2.35. The van der Waals surface area contributed by atoms with E-state index in [1.807, 2.05) is 30.3 Å². The summed E-state index contributed by atoms with van der Waals surface area (Å²) < 4.78 is 0. The van der Waals surface area contributed by atoms with Crippen LogP contribution in [0, 0.1) is 5.41 Å². The van der Waals surface area contributed by atoms with Gasteiger partial charge in [-0.3, -0.25) is 9.59 Å². The summed E-state index contributed by atoms with van der Waals surface area (Å²) in [6, 6.07) is 9.26. The molecule has 144 valence electrons. The molecule has 26 heavy (non-hydrogen) atoms. The first-order chi connectivity index (χ1) is 12.1. The number of rotatable bonds is 5. The van der Waals surface area contributed by atoms with E-state index in [0.717, 1.165) is 37.8 Å². The molecule has 3 rings (SSSR count). The summed E-state index contributed by atoms with van der Waals surface area (Å²) in [4.78, 5) is 27.2. The van der Waals surface area contributed by atoms with Gasteiger partial charge in [-0.05, 0) is 49.8 Å². The Hall–Kier alpha value is -1.59. The van der Waals surface area contributed by atoms with Gasteiger partial charge in [-0.25, -0.2) is 0 Å². The molecule has 1 aliphatic carbocycles. The second-order valence-corrected chi connectivity index (χ2v) is 7.53. The zero-order valence-corrected chi connectivity index (χ0v) is 16.1. The maximum absolute atomic E-state index is 12.8. The van der Waals surface area contributed by atoms with Crippen LogP contribution < -0.4 is 16.0 Å². The van der Waals surface area contributed by atoms with Crippen LogP contribution in [0.25, 0.3) is 0 Å². The largest absolute Gasteiger partial charge is 0.344 e.